The Morgan fingerprint density at radius 3 is 2.64 bits per heavy atom. The molecule has 0 aliphatic heterocycles. The van der Waals surface area contributed by atoms with Crippen LogP contribution in [0.5, 0.6) is 0 Å². The van der Waals surface area contributed by atoms with E-state index in [0.29, 0.717) is 32.5 Å². The number of benzene rings is 2. The van der Waals surface area contributed by atoms with Gasteiger partial charge in [-0.3, -0.25) is 10.1 Å². The highest BCUT2D eigenvalue weighted by atomic mass is 32.1. The molecule has 9 heteroatoms. The van der Waals surface area contributed by atoms with Crippen LogP contribution in [0.3, 0.4) is 0 Å². The Balaban J connectivity index is 1.63. The van der Waals surface area contributed by atoms with Crippen LogP contribution in [-0.2, 0) is 19.1 Å². The van der Waals surface area contributed by atoms with Crippen molar-refractivity contribution in [2.24, 2.45) is 5.92 Å². The molecule has 0 spiro atoms. The first kappa shape index (κ1) is 23.0. The van der Waals surface area contributed by atoms with E-state index in [9.17, 15) is 22.4 Å². The van der Waals surface area contributed by atoms with E-state index in [1.54, 1.807) is 22.9 Å². The Hall–Kier alpha value is -3.20. The molecule has 4 nitrogen and oxygen atoms in total. The summed E-state index contributed by atoms with van der Waals surface area (Å²) in [6, 6.07) is 11.0. The Morgan fingerprint density at radius 2 is 1.91 bits per heavy atom. The van der Waals surface area contributed by atoms with Crippen molar-refractivity contribution in [1.82, 2.24) is 9.55 Å². The molecular weight excluding hydrogens is 454 g/mol. The SMILES string of the molecule is CC(C)Cc1cc(C(=O)Nc2nc3ccc(F)cc3s2)n(Cc2cccc(C(F)(F)F)c2)c1. The summed E-state index contributed by atoms with van der Waals surface area (Å²) in [6.07, 6.45) is -1.93. The Kier molecular flexibility index (Phi) is 6.25. The molecule has 0 fully saturated rings. The lowest BCUT2D eigenvalue weighted by Crippen LogP contribution is -2.17. The molecule has 0 saturated heterocycles. The molecule has 0 aliphatic rings. The van der Waals surface area contributed by atoms with Crippen LogP contribution in [0, 0.1) is 11.7 Å². The zero-order valence-electron chi connectivity index (χ0n) is 17.9. The van der Waals surface area contributed by atoms with Gasteiger partial charge in [-0.25, -0.2) is 9.37 Å². The van der Waals surface area contributed by atoms with Crippen LogP contribution in [0.25, 0.3) is 10.2 Å². The van der Waals surface area contributed by atoms with E-state index < -0.39 is 23.5 Å². The molecule has 0 saturated carbocycles. The fraction of sp³-hybridized carbons (Fsp3) is 0.250. The maximum atomic E-state index is 13.5. The van der Waals surface area contributed by atoms with Gasteiger partial charge in [-0.15, -0.1) is 0 Å². The Morgan fingerprint density at radius 1 is 1.12 bits per heavy atom. The number of nitrogens with one attached hydrogen (secondary N) is 1. The minimum absolute atomic E-state index is 0.107. The summed E-state index contributed by atoms with van der Waals surface area (Å²) in [7, 11) is 0. The topological polar surface area (TPSA) is 46.9 Å². The number of hydrogen-bond donors (Lipinski definition) is 1. The molecule has 4 aromatic rings. The highest BCUT2D eigenvalue weighted by Crippen LogP contribution is 2.30. The highest BCUT2D eigenvalue weighted by Gasteiger charge is 2.30. The summed E-state index contributed by atoms with van der Waals surface area (Å²) in [5.74, 6) is -0.488. The van der Waals surface area contributed by atoms with Crippen molar-refractivity contribution in [2.75, 3.05) is 5.32 Å². The van der Waals surface area contributed by atoms with Gasteiger partial charge in [-0.1, -0.05) is 37.3 Å². The second-order valence-electron chi connectivity index (χ2n) is 8.24. The van der Waals surface area contributed by atoms with Crippen molar-refractivity contribution in [3.05, 3.63) is 82.9 Å². The summed E-state index contributed by atoms with van der Waals surface area (Å²) in [4.78, 5) is 17.4. The molecule has 0 atom stereocenters. The first-order valence-corrected chi connectivity index (χ1v) is 11.1. The van der Waals surface area contributed by atoms with Crippen LogP contribution in [0.1, 0.15) is 41.0 Å². The van der Waals surface area contributed by atoms with Crippen LogP contribution in [-0.4, -0.2) is 15.5 Å². The lowest BCUT2D eigenvalue weighted by atomic mass is 10.1. The second kappa shape index (κ2) is 8.97. The van der Waals surface area contributed by atoms with Gasteiger partial charge in [0.2, 0.25) is 0 Å². The van der Waals surface area contributed by atoms with Gasteiger partial charge >= 0.3 is 6.18 Å². The first-order valence-electron chi connectivity index (χ1n) is 10.3. The minimum atomic E-state index is -4.44. The maximum Gasteiger partial charge on any atom is 0.416 e. The number of nitrogens with zero attached hydrogens (tertiary/aromatic N) is 2. The van der Waals surface area contributed by atoms with Crippen LogP contribution in [0.15, 0.2) is 54.7 Å². The van der Waals surface area contributed by atoms with Crippen LogP contribution >= 0.6 is 11.3 Å². The number of amides is 1. The van der Waals surface area contributed by atoms with Gasteiger partial charge in [-0.05, 0) is 59.9 Å². The normalized spacial score (nSPS) is 12.0. The first-order chi connectivity index (χ1) is 15.6. The standard InChI is InChI=1S/C24H21F4N3OS/c1-14(2)8-16-10-20(22(32)30-23-29-19-7-6-18(25)11-21(19)33-23)31(13-16)12-15-4-3-5-17(9-15)24(26,27)28/h3-7,9-11,13-14H,8,12H2,1-2H3,(H,29,30,32). The lowest BCUT2D eigenvalue weighted by Gasteiger charge is -2.11. The van der Waals surface area contributed by atoms with Gasteiger partial charge in [0.15, 0.2) is 5.13 Å². The van der Waals surface area contributed by atoms with Crippen molar-refractivity contribution >= 4 is 32.6 Å². The number of alkyl halides is 3. The monoisotopic (exact) mass is 475 g/mol. The molecule has 0 bridgehead atoms. The van der Waals surface area contributed by atoms with Gasteiger partial charge in [0.25, 0.3) is 5.91 Å². The summed E-state index contributed by atoms with van der Waals surface area (Å²) in [5.41, 5.74) is 1.49. The summed E-state index contributed by atoms with van der Waals surface area (Å²) in [6.45, 7) is 4.20. The van der Waals surface area contributed by atoms with E-state index >= 15 is 0 Å². The molecule has 1 N–H and O–H groups in total. The van der Waals surface area contributed by atoms with E-state index in [1.807, 2.05) is 13.8 Å². The molecule has 172 valence electrons. The molecule has 1 amide bonds. The molecule has 33 heavy (non-hydrogen) atoms. The van der Waals surface area contributed by atoms with Gasteiger partial charge in [0.1, 0.15) is 11.5 Å². The lowest BCUT2D eigenvalue weighted by molar-refractivity contribution is -0.137. The third-order valence-corrected chi connectivity index (χ3v) is 5.94. The van der Waals surface area contributed by atoms with Crippen molar-refractivity contribution < 1.29 is 22.4 Å². The second-order valence-corrected chi connectivity index (χ2v) is 9.27. The van der Waals surface area contributed by atoms with Crippen LogP contribution in [0.4, 0.5) is 22.7 Å². The Labute approximate surface area is 191 Å². The van der Waals surface area contributed by atoms with E-state index in [4.69, 9.17) is 0 Å². The number of anilines is 1. The summed E-state index contributed by atoms with van der Waals surface area (Å²) < 4.78 is 55.1. The molecular formula is C24H21F4N3OS. The van der Waals surface area contributed by atoms with Crippen molar-refractivity contribution in [2.45, 2.75) is 33.0 Å². The largest absolute Gasteiger partial charge is 0.416 e. The predicted molar refractivity (Wildman–Crippen MR) is 121 cm³/mol. The molecule has 2 aromatic heterocycles. The van der Waals surface area contributed by atoms with Crippen molar-refractivity contribution in [3.63, 3.8) is 0 Å². The zero-order valence-corrected chi connectivity index (χ0v) is 18.7. The third-order valence-electron chi connectivity index (χ3n) is 5.01. The molecule has 0 radical (unpaired) electrons. The predicted octanol–water partition coefficient (Wildman–Crippen LogP) is 6.75. The Bertz CT molecular complexity index is 1310. The van der Waals surface area contributed by atoms with Gasteiger partial charge in [0.05, 0.1) is 15.8 Å². The van der Waals surface area contributed by atoms with Crippen LogP contribution in [0.2, 0.25) is 0 Å². The van der Waals surface area contributed by atoms with E-state index in [2.05, 4.69) is 10.3 Å². The molecule has 4 rings (SSSR count). The zero-order chi connectivity index (χ0) is 23.8. The number of rotatable bonds is 6. The quantitative estimate of drug-likeness (QED) is 0.314. The van der Waals surface area contributed by atoms with E-state index in [0.717, 1.165) is 35.5 Å². The fourth-order valence-electron chi connectivity index (χ4n) is 3.63. The number of carbonyl (C=O) groups excluding carboxylic acids is 1. The number of carbonyl (C=O) groups is 1. The number of aromatic nitrogens is 2. The smallest absolute Gasteiger partial charge is 0.339 e. The third kappa shape index (κ3) is 5.42. The number of thiazole rings is 1. The average molecular weight is 476 g/mol. The number of fused-ring (bicyclic) bond motifs is 1. The highest BCUT2D eigenvalue weighted by molar-refractivity contribution is 7.22. The molecule has 2 heterocycles. The van der Waals surface area contributed by atoms with Gasteiger partial charge in [-0.2, -0.15) is 13.2 Å². The average Bonchev–Trinajstić information content (AvgIpc) is 3.29. The van der Waals surface area contributed by atoms with Crippen molar-refractivity contribution in [3.8, 4) is 0 Å². The summed E-state index contributed by atoms with van der Waals surface area (Å²) in [5, 5.41) is 3.06. The molecule has 0 unspecified atom stereocenters. The maximum absolute atomic E-state index is 13.5. The van der Waals surface area contributed by atoms with Crippen LogP contribution < -0.4 is 5.32 Å². The number of hydrogen-bond acceptors (Lipinski definition) is 3. The van der Waals surface area contributed by atoms with Gasteiger partial charge < -0.3 is 4.57 Å². The molecule has 2 aromatic carbocycles. The fourth-order valence-corrected chi connectivity index (χ4v) is 4.52. The van der Waals surface area contributed by atoms with E-state index in [1.165, 1.54) is 24.3 Å². The van der Waals surface area contributed by atoms with E-state index in [-0.39, 0.29) is 6.54 Å². The summed E-state index contributed by atoms with van der Waals surface area (Å²) >= 11 is 1.15. The molecule has 0 aliphatic carbocycles. The van der Waals surface area contributed by atoms with Gasteiger partial charge in [0, 0.05) is 12.7 Å². The van der Waals surface area contributed by atoms with Crippen molar-refractivity contribution in [1.29, 1.82) is 0 Å². The number of halogens is 4. The minimum Gasteiger partial charge on any atom is -0.339 e.